The van der Waals surface area contributed by atoms with Gasteiger partial charge in [0.05, 0.1) is 0 Å². The van der Waals surface area contributed by atoms with Gasteiger partial charge in [-0.15, -0.1) is 0 Å². The summed E-state index contributed by atoms with van der Waals surface area (Å²) in [5, 5.41) is 10.2. The Balaban J connectivity index is 1.57. The Kier molecular flexibility index (Phi) is 7.15. The molecule has 0 unspecified atom stereocenters. The van der Waals surface area contributed by atoms with E-state index in [1.165, 1.54) is 16.7 Å². The molecule has 0 aliphatic carbocycles. The molecule has 0 radical (unpaired) electrons. The molecular formula is C29H31NO3S. The lowest BCUT2D eigenvalue weighted by Crippen LogP contribution is -2.19. The van der Waals surface area contributed by atoms with Gasteiger partial charge in [-0.3, -0.25) is 0 Å². The van der Waals surface area contributed by atoms with Gasteiger partial charge in [-0.2, -0.15) is 0 Å². The first kappa shape index (κ1) is 24.1. The van der Waals surface area contributed by atoms with Crippen LogP contribution in [-0.2, 0) is 18.4 Å². The maximum absolute atomic E-state index is 11.5. The highest BCUT2D eigenvalue weighted by Crippen LogP contribution is 2.32. The van der Waals surface area contributed by atoms with Crippen LogP contribution in [0.5, 0.6) is 0 Å². The molecule has 0 amide bonds. The number of fused-ring (bicyclic) bond motifs is 1. The molecule has 0 bridgehead atoms. The largest absolute Gasteiger partial charge is 0.475 e. The molecule has 0 aliphatic rings. The Morgan fingerprint density at radius 2 is 1.68 bits per heavy atom. The molecule has 5 heteroatoms. The molecule has 1 aromatic heterocycles. The normalized spacial score (nSPS) is 11.9. The van der Waals surface area contributed by atoms with Gasteiger partial charge in [-0.1, -0.05) is 75.4 Å². The Morgan fingerprint density at radius 1 is 0.971 bits per heavy atom. The van der Waals surface area contributed by atoms with Crippen molar-refractivity contribution < 1.29 is 14.3 Å². The van der Waals surface area contributed by atoms with Crippen molar-refractivity contribution in [3.63, 3.8) is 0 Å². The number of benzene rings is 3. The highest BCUT2D eigenvalue weighted by Gasteiger charge is 2.18. The van der Waals surface area contributed by atoms with Crippen LogP contribution < -0.4 is 0 Å². The van der Waals surface area contributed by atoms with Crippen LogP contribution in [0.2, 0.25) is 0 Å². The lowest BCUT2D eigenvalue weighted by molar-refractivity contribution is 0.0664. The van der Waals surface area contributed by atoms with E-state index < -0.39 is 5.97 Å². The maximum Gasteiger partial charge on any atom is 0.372 e. The van der Waals surface area contributed by atoms with E-state index in [0.29, 0.717) is 11.1 Å². The molecule has 0 atom stereocenters. The van der Waals surface area contributed by atoms with Crippen molar-refractivity contribution in [1.82, 2.24) is 4.31 Å². The molecule has 4 aromatic rings. The van der Waals surface area contributed by atoms with Crippen molar-refractivity contribution in [3.8, 4) is 0 Å². The second-order valence-electron chi connectivity index (χ2n) is 9.66. The molecule has 0 fully saturated rings. The zero-order valence-corrected chi connectivity index (χ0v) is 21.0. The van der Waals surface area contributed by atoms with Crippen LogP contribution in [0, 0.1) is 6.92 Å². The first-order valence-corrected chi connectivity index (χ1v) is 12.3. The number of rotatable bonds is 8. The topological polar surface area (TPSA) is 53.7 Å². The average molecular weight is 474 g/mol. The van der Waals surface area contributed by atoms with Crippen molar-refractivity contribution in [1.29, 1.82) is 0 Å². The minimum Gasteiger partial charge on any atom is -0.475 e. The van der Waals surface area contributed by atoms with Crippen LogP contribution in [0.1, 0.15) is 53.6 Å². The Morgan fingerprint density at radius 3 is 2.32 bits per heavy atom. The van der Waals surface area contributed by atoms with E-state index in [1.807, 2.05) is 24.3 Å². The van der Waals surface area contributed by atoms with Gasteiger partial charge in [-0.25, -0.2) is 9.10 Å². The van der Waals surface area contributed by atoms with E-state index in [-0.39, 0.29) is 11.2 Å². The summed E-state index contributed by atoms with van der Waals surface area (Å²) in [6.07, 6.45) is 0.948. The number of nitrogens with zero attached hydrogens (tertiary/aromatic N) is 1. The fourth-order valence-corrected chi connectivity index (χ4v) is 4.97. The zero-order chi connectivity index (χ0) is 24.3. The molecule has 3 aromatic carbocycles. The number of carboxylic acid groups (broad SMARTS) is 1. The summed E-state index contributed by atoms with van der Waals surface area (Å²) in [7, 11) is 0. The minimum absolute atomic E-state index is 0.0111. The first-order valence-electron chi connectivity index (χ1n) is 11.5. The Labute approximate surface area is 205 Å². The van der Waals surface area contributed by atoms with Gasteiger partial charge in [0.2, 0.25) is 5.76 Å². The monoisotopic (exact) mass is 473 g/mol. The maximum atomic E-state index is 11.5. The van der Waals surface area contributed by atoms with Gasteiger partial charge in [0.25, 0.3) is 0 Å². The number of aryl methyl sites for hydroxylation is 1. The van der Waals surface area contributed by atoms with Crippen LogP contribution in [-0.4, -0.2) is 21.9 Å². The highest BCUT2D eigenvalue weighted by molar-refractivity contribution is 7.97. The van der Waals surface area contributed by atoms with Crippen molar-refractivity contribution in [3.05, 3.63) is 101 Å². The summed E-state index contributed by atoms with van der Waals surface area (Å²) in [6.45, 7) is 10.2. The van der Waals surface area contributed by atoms with Crippen LogP contribution in [0.4, 0.5) is 0 Å². The third kappa shape index (κ3) is 5.72. The van der Waals surface area contributed by atoms with Crippen molar-refractivity contribution in [2.24, 2.45) is 0 Å². The van der Waals surface area contributed by atoms with Gasteiger partial charge < -0.3 is 9.52 Å². The van der Waals surface area contributed by atoms with Crippen molar-refractivity contribution in [2.45, 2.75) is 51.0 Å². The Hall–Kier alpha value is -3.02. The van der Waals surface area contributed by atoms with Crippen LogP contribution in [0.3, 0.4) is 0 Å². The second-order valence-corrected chi connectivity index (χ2v) is 10.8. The van der Waals surface area contributed by atoms with Crippen LogP contribution in [0.15, 0.2) is 82.1 Å². The number of aromatic carboxylic acids is 1. The van der Waals surface area contributed by atoms with Gasteiger partial charge in [0.15, 0.2) is 0 Å². The molecule has 4 nitrogen and oxygen atoms in total. The number of furan rings is 1. The third-order valence-electron chi connectivity index (χ3n) is 6.01. The van der Waals surface area contributed by atoms with E-state index >= 15 is 0 Å². The van der Waals surface area contributed by atoms with E-state index in [4.69, 9.17) is 4.42 Å². The molecule has 176 valence electrons. The Bertz CT molecular complexity index is 1270. The highest BCUT2D eigenvalue weighted by atomic mass is 32.2. The molecule has 4 rings (SSSR count). The molecule has 0 saturated heterocycles. The predicted octanol–water partition coefficient (Wildman–Crippen LogP) is 7.49. The standard InChI is InChI=1S/C29H31NO3S/c1-20-25-18-24(14-15-26(25)33-27(20)28(31)32)34-30(17-16-21-8-6-5-7-9-21)19-22-10-12-23(13-11-22)29(2,3)4/h5-15,18H,16-17,19H2,1-4H3,(H,31,32). The summed E-state index contributed by atoms with van der Waals surface area (Å²) < 4.78 is 7.91. The summed E-state index contributed by atoms with van der Waals surface area (Å²) in [6, 6.07) is 25.3. The lowest BCUT2D eigenvalue weighted by atomic mass is 9.87. The molecule has 34 heavy (non-hydrogen) atoms. The fraction of sp³-hybridized carbons (Fsp3) is 0.276. The van der Waals surface area contributed by atoms with Crippen molar-refractivity contribution in [2.75, 3.05) is 6.54 Å². The van der Waals surface area contributed by atoms with Crippen LogP contribution in [0.25, 0.3) is 11.0 Å². The minimum atomic E-state index is -1.04. The molecule has 0 aliphatic heterocycles. The lowest BCUT2D eigenvalue weighted by Gasteiger charge is -2.23. The van der Waals surface area contributed by atoms with Crippen molar-refractivity contribution >= 4 is 28.9 Å². The summed E-state index contributed by atoms with van der Waals surface area (Å²) in [5.41, 5.74) is 5.31. The van der Waals surface area contributed by atoms with E-state index in [2.05, 4.69) is 73.6 Å². The molecule has 0 saturated carbocycles. The van der Waals surface area contributed by atoms with E-state index in [0.717, 1.165) is 29.8 Å². The third-order valence-corrected chi connectivity index (χ3v) is 7.04. The van der Waals surface area contributed by atoms with E-state index in [9.17, 15) is 9.90 Å². The summed E-state index contributed by atoms with van der Waals surface area (Å²) >= 11 is 1.70. The molecular weight excluding hydrogens is 442 g/mol. The molecule has 1 N–H and O–H groups in total. The molecule has 1 heterocycles. The van der Waals surface area contributed by atoms with Crippen LogP contribution >= 0.6 is 11.9 Å². The van der Waals surface area contributed by atoms with Gasteiger partial charge in [0, 0.05) is 28.9 Å². The predicted molar refractivity (Wildman–Crippen MR) is 139 cm³/mol. The zero-order valence-electron chi connectivity index (χ0n) is 20.2. The number of hydrogen-bond donors (Lipinski definition) is 1. The molecule has 0 spiro atoms. The fourth-order valence-electron chi connectivity index (χ4n) is 3.98. The summed E-state index contributed by atoms with van der Waals surface area (Å²) in [4.78, 5) is 12.5. The summed E-state index contributed by atoms with van der Waals surface area (Å²) in [5.74, 6) is -1.02. The average Bonchev–Trinajstić information content (AvgIpc) is 3.14. The van der Waals surface area contributed by atoms with E-state index in [1.54, 1.807) is 18.9 Å². The van der Waals surface area contributed by atoms with Gasteiger partial charge >= 0.3 is 5.97 Å². The number of hydrogen-bond acceptors (Lipinski definition) is 4. The first-order chi connectivity index (χ1) is 16.2. The number of carboxylic acids is 1. The van der Waals surface area contributed by atoms with Gasteiger partial charge in [-0.05, 0) is 65.6 Å². The quantitative estimate of drug-likeness (QED) is 0.269. The second kappa shape index (κ2) is 10.1. The van der Waals surface area contributed by atoms with Gasteiger partial charge in [0.1, 0.15) is 5.58 Å². The SMILES string of the molecule is Cc1c(C(=O)O)oc2ccc(SN(CCc3ccccc3)Cc3ccc(C(C)(C)C)cc3)cc12. The smallest absolute Gasteiger partial charge is 0.372 e. The number of carbonyl (C=O) groups is 1.